The van der Waals surface area contributed by atoms with E-state index >= 15 is 0 Å². The molecule has 0 aliphatic heterocycles. The van der Waals surface area contributed by atoms with Crippen LogP contribution in [0.5, 0.6) is 0 Å². The van der Waals surface area contributed by atoms with Gasteiger partial charge in [0.1, 0.15) is 11.6 Å². The van der Waals surface area contributed by atoms with E-state index in [0.717, 1.165) is 0 Å². The van der Waals surface area contributed by atoms with Gasteiger partial charge < -0.3 is 0 Å². The largest absolute Gasteiger partial charge is 0.300 e. The molecule has 0 heterocycles. The predicted octanol–water partition coefficient (Wildman–Crippen LogP) is 3.49. The quantitative estimate of drug-likeness (QED) is 0.738. The highest BCUT2D eigenvalue weighted by atomic mass is 16.1. The molecule has 0 N–H and O–H groups in total. The second kappa shape index (κ2) is 4.68. The molecule has 0 aromatic carbocycles. The van der Waals surface area contributed by atoms with Gasteiger partial charge in [-0.3, -0.25) is 9.59 Å². The minimum Gasteiger partial charge on any atom is -0.300 e. The topological polar surface area (TPSA) is 34.1 Å². The van der Waals surface area contributed by atoms with E-state index < -0.39 is 0 Å². The number of Topliss-reactive ketones (excluding diaryl/α,β-unsaturated/α-hetero) is 2. The van der Waals surface area contributed by atoms with Crippen molar-refractivity contribution in [3.63, 3.8) is 0 Å². The van der Waals surface area contributed by atoms with Crippen molar-refractivity contribution in [3.05, 3.63) is 0 Å². The molecular formula is C14H26O2. The van der Waals surface area contributed by atoms with E-state index in [2.05, 4.69) is 0 Å². The smallest absolute Gasteiger partial charge is 0.134 e. The number of ketones is 2. The molecule has 0 aromatic rings. The molecule has 2 atom stereocenters. The molecule has 94 valence electrons. The third kappa shape index (κ3) is 3.73. The van der Waals surface area contributed by atoms with Crippen LogP contribution in [0.3, 0.4) is 0 Å². The van der Waals surface area contributed by atoms with Crippen molar-refractivity contribution < 1.29 is 9.59 Å². The molecule has 0 aliphatic carbocycles. The number of carbonyl (C=O) groups is 2. The maximum Gasteiger partial charge on any atom is 0.134 e. The van der Waals surface area contributed by atoms with Crippen molar-refractivity contribution in [1.82, 2.24) is 0 Å². The van der Waals surface area contributed by atoms with Crippen LogP contribution in [0.15, 0.2) is 0 Å². The van der Waals surface area contributed by atoms with Crippen LogP contribution >= 0.6 is 0 Å². The minimum absolute atomic E-state index is 0.114. The minimum atomic E-state index is -0.204. The second-order valence-corrected chi connectivity index (χ2v) is 6.91. The SMILES string of the molecule is CC(=O)C(C(C(C)=O)C(C)(C)C)C(C)(C)C. The van der Waals surface area contributed by atoms with Gasteiger partial charge in [0.25, 0.3) is 0 Å². The Morgan fingerprint density at radius 3 is 0.938 bits per heavy atom. The summed E-state index contributed by atoms with van der Waals surface area (Å²) in [5.74, 6) is -0.180. The van der Waals surface area contributed by atoms with E-state index in [4.69, 9.17) is 0 Å². The highest BCUT2D eigenvalue weighted by Gasteiger charge is 2.43. The summed E-state index contributed by atoms with van der Waals surface area (Å²) in [5, 5.41) is 0. The Labute approximate surface area is 99.8 Å². The van der Waals surface area contributed by atoms with Crippen LogP contribution in [0.25, 0.3) is 0 Å². The summed E-state index contributed by atoms with van der Waals surface area (Å²) in [5.41, 5.74) is -0.342. The zero-order chi connectivity index (χ0) is 13.3. The normalized spacial score (nSPS) is 16.8. The van der Waals surface area contributed by atoms with Crippen molar-refractivity contribution in [2.75, 3.05) is 0 Å². The lowest BCUT2D eigenvalue weighted by molar-refractivity contribution is -0.138. The molecule has 2 heteroatoms. The molecule has 2 nitrogen and oxygen atoms in total. The van der Waals surface area contributed by atoms with Crippen molar-refractivity contribution in [2.24, 2.45) is 22.7 Å². The summed E-state index contributed by atoms with van der Waals surface area (Å²) in [6.07, 6.45) is 0. The predicted molar refractivity (Wildman–Crippen MR) is 67.3 cm³/mol. The fourth-order valence-electron chi connectivity index (χ4n) is 2.69. The first-order valence-electron chi connectivity index (χ1n) is 5.90. The molecule has 0 bridgehead atoms. The number of hydrogen-bond acceptors (Lipinski definition) is 2. The van der Waals surface area contributed by atoms with Crippen LogP contribution in [0.4, 0.5) is 0 Å². The molecule has 0 rings (SSSR count). The van der Waals surface area contributed by atoms with Crippen LogP contribution < -0.4 is 0 Å². The Morgan fingerprint density at radius 2 is 0.875 bits per heavy atom. The standard InChI is InChI=1S/C14H26O2/c1-9(15)11(13(3,4)5)12(10(2)16)14(6,7)8/h11-12H,1-8H3. The molecule has 0 radical (unpaired) electrons. The Bertz CT molecular complexity index is 246. The Balaban J connectivity index is 5.48. The number of hydrogen-bond donors (Lipinski definition) is 0. The Kier molecular flexibility index (Phi) is 4.49. The summed E-state index contributed by atoms with van der Waals surface area (Å²) in [4.78, 5) is 23.7. The molecule has 0 saturated carbocycles. The van der Waals surface area contributed by atoms with E-state index in [1.54, 1.807) is 13.8 Å². The number of carbonyl (C=O) groups excluding carboxylic acids is 2. The average molecular weight is 226 g/mol. The lowest BCUT2D eigenvalue weighted by Crippen LogP contribution is -2.43. The highest BCUT2D eigenvalue weighted by molar-refractivity contribution is 5.88. The van der Waals surface area contributed by atoms with E-state index in [-0.39, 0.29) is 34.2 Å². The lowest BCUT2D eigenvalue weighted by Gasteiger charge is -2.41. The Morgan fingerprint density at radius 1 is 0.688 bits per heavy atom. The van der Waals surface area contributed by atoms with Crippen LogP contribution in [-0.2, 0) is 9.59 Å². The molecule has 16 heavy (non-hydrogen) atoms. The van der Waals surface area contributed by atoms with Crippen LogP contribution in [0.1, 0.15) is 55.4 Å². The summed E-state index contributed by atoms with van der Waals surface area (Å²) < 4.78 is 0. The summed E-state index contributed by atoms with van der Waals surface area (Å²) in [6, 6.07) is 0. The molecule has 0 amide bonds. The average Bonchev–Trinajstić information content (AvgIpc) is 1.92. The lowest BCUT2D eigenvalue weighted by atomic mass is 9.61. The molecule has 0 aliphatic rings. The van der Waals surface area contributed by atoms with Crippen molar-refractivity contribution >= 4 is 11.6 Å². The van der Waals surface area contributed by atoms with Gasteiger partial charge in [-0.1, -0.05) is 41.5 Å². The van der Waals surface area contributed by atoms with Gasteiger partial charge in [0.05, 0.1) is 0 Å². The molecule has 0 spiro atoms. The van der Waals surface area contributed by atoms with Crippen molar-refractivity contribution in [1.29, 1.82) is 0 Å². The highest BCUT2D eigenvalue weighted by Crippen LogP contribution is 2.42. The maximum atomic E-state index is 11.8. The van der Waals surface area contributed by atoms with E-state index in [1.165, 1.54) is 0 Å². The van der Waals surface area contributed by atoms with E-state index in [0.29, 0.717) is 0 Å². The zero-order valence-corrected chi connectivity index (χ0v) is 12.0. The Hall–Kier alpha value is -0.660. The van der Waals surface area contributed by atoms with Crippen LogP contribution in [-0.4, -0.2) is 11.6 Å². The van der Waals surface area contributed by atoms with E-state index in [1.807, 2.05) is 41.5 Å². The van der Waals surface area contributed by atoms with Gasteiger partial charge in [-0.15, -0.1) is 0 Å². The van der Waals surface area contributed by atoms with Gasteiger partial charge in [-0.2, -0.15) is 0 Å². The molecule has 0 saturated heterocycles. The third-order valence-electron chi connectivity index (χ3n) is 3.08. The van der Waals surface area contributed by atoms with Gasteiger partial charge in [0.2, 0.25) is 0 Å². The monoisotopic (exact) mass is 226 g/mol. The summed E-state index contributed by atoms with van der Waals surface area (Å²) in [6.45, 7) is 15.4. The van der Waals surface area contributed by atoms with Crippen molar-refractivity contribution in [3.8, 4) is 0 Å². The third-order valence-corrected chi connectivity index (χ3v) is 3.08. The van der Waals surface area contributed by atoms with Gasteiger partial charge in [0, 0.05) is 11.8 Å². The fraction of sp³-hybridized carbons (Fsp3) is 0.857. The molecule has 0 fully saturated rings. The zero-order valence-electron chi connectivity index (χ0n) is 12.0. The number of rotatable bonds is 3. The second-order valence-electron chi connectivity index (χ2n) is 6.91. The first-order valence-corrected chi connectivity index (χ1v) is 5.90. The van der Waals surface area contributed by atoms with Crippen molar-refractivity contribution in [2.45, 2.75) is 55.4 Å². The fourth-order valence-corrected chi connectivity index (χ4v) is 2.69. The van der Waals surface area contributed by atoms with E-state index in [9.17, 15) is 9.59 Å². The molecular weight excluding hydrogens is 200 g/mol. The van der Waals surface area contributed by atoms with Gasteiger partial charge >= 0.3 is 0 Å². The van der Waals surface area contributed by atoms with Gasteiger partial charge in [0.15, 0.2) is 0 Å². The summed E-state index contributed by atoms with van der Waals surface area (Å²) >= 11 is 0. The first kappa shape index (κ1) is 15.3. The van der Waals surface area contributed by atoms with Gasteiger partial charge in [-0.25, -0.2) is 0 Å². The van der Waals surface area contributed by atoms with Crippen LogP contribution in [0, 0.1) is 22.7 Å². The molecule has 0 aromatic heterocycles. The summed E-state index contributed by atoms with van der Waals surface area (Å²) in [7, 11) is 0. The maximum absolute atomic E-state index is 11.8. The van der Waals surface area contributed by atoms with Crippen LogP contribution in [0.2, 0.25) is 0 Å². The first-order chi connectivity index (χ1) is 6.89. The molecule has 2 unspecified atom stereocenters. The van der Waals surface area contributed by atoms with Gasteiger partial charge in [-0.05, 0) is 24.7 Å².